The summed E-state index contributed by atoms with van der Waals surface area (Å²) in [7, 11) is 0. The normalized spacial score (nSPS) is 12.4. The molecule has 1 heterocycles. The molecule has 0 aliphatic rings. The zero-order valence-electron chi connectivity index (χ0n) is 15.9. The number of rotatable bonds is 8. The minimum absolute atomic E-state index is 0.00310. The van der Waals surface area contributed by atoms with E-state index in [0.717, 1.165) is 15.6 Å². The number of carboxylic acid groups (broad SMARTS) is 1. The van der Waals surface area contributed by atoms with Gasteiger partial charge in [0.1, 0.15) is 10.0 Å². The van der Waals surface area contributed by atoms with Crippen molar-refractivity contribution in [3.63, 3.8) is 0 Å². The Balaban J connectivity index is 1.90. The van der Waals surface area contributed by atoms with E-state index < -0.39 is 5.97 Å². The summed E-state index contributed by atoms with van der Waals surface area (Å²) in [6.45, 7) is 6.48. The maximum atomic E-state index is 12.3. The van der Waals surface area contributed by atoms with Crippen molar-refractivity contribution in [3.8, 4) is 0 Å². The molecule has 2 rings (SSSR count). The van der Waals surface area contributed by atoms with Crippen LogP contribution in [-0.2, 0) is 23.2 Å². The summed E-state index contributed by atoms with van der Waals surface area (Å²) in [6, 6.07) is 9.09. The zero-order chi connectivity index (χ0) is 19.9. The van der Waals surface area contributed by atoms with Gasteiger partial charge < -0.3 is 15.7 Å². The van der Waals surface area contributed by atoms with E-state index in [-0.39, 0.29) is 30.5 Å². The average Bonchev–Trinajstić information content (AvgIpc) is 3.08. The maximum Gasteiger partial charge on any atom is 0.315 e. The van der Waals surface area contributed by atoms with Gasteiger partial charge in [-0.05, 0) is 18.4 Å². The van der Waals surface area contributed by atoms with Crippen molar-refractivity contribution < 1.29 is 14.7 Å². The largest absolute Gasteiger partial charge is 0.481 e. The van der Waals surface area contributed by atoms with E-state index in [1.54, 1.807) is 0 Å². The molecule has 1 unspecified atom stereocenters. The molecule has 7 nitrogen and oxygen atoms in total. The Kier molecular flexibility index (Phi) is 7.29. The van der Waals surface area contributed by atoms with Gasteiger partial charge in [-0.1, -0.05) is 62.4 Å². The molecule has 0 fully saturated rings. The summed E-state index contributed by atoms with van der Waals surface area (Å²) in [6.07, 6.45) is 0.947. The van der Waals surface area contributed by atoms with Gasteiger partial charge in [-0.2, -0.15) is 0 Å². The molecule has 0 radical (unpaired) electrons. The van der Waals surface area contributed by atoms with Gasteiger partial charge >= 0.3 is 12.0 Å². The number of carbonyl (C=O) groups is 2. The van der Waals surface area contributed by atoms with Crippen LogP contribution in [0.4, 0.5) is 4.79 Å². The highest BCUT2D eigenvalue weighted by atomic mass is 32.1. The van der Waals surface area contributed by atoms with Crippen molar-refractivity contribution in [2.24, 2.45) is 0 Å². The van der Waals surface area contributed by atoms with E-state index >= 15 is 0 Å². The van der Waals surface area contributed by atoms with Crippen LogP contribution in [0.2, 0.25) is 0 Å². The molecule has 2 aromatic rings. The number of nitrogens with one attached hydrogen (secondary N) is 2. The molecule has 2 amide bonds. The average molecular weight is 391 g/mol. The summed E-state index contributed by atoms with van der Waals surface area (Å²) in [5.41, 5.74) is 0.975. The minimum atomic E-state index is -0.876. The third-order valence-electron chi connectivity index (χ3n) is 3.88. The van der Waals surface area contributed by atoms with Gasteiger partial charge in [0.05, 0.1) is 6.54 Å². The number of carboxylic acids is 1. The molecule has 0 aliphatic carbocycles. The number of urea groups is 1. The van der Waals surface area contributed by atoms with Crippen molar-refractivity contribution in [2.45, 2.75) is 58.0 Å². The second-order valence-corrected chi connectivity index (χ2v) is 8.46. The molecule has 0 saturated carbocycles. The highest BCUT2D eigenvalue weighted by molar-refractivity contribution is 7.11. The van der Waals surface area contributed by atoms with Crippen LogP contribution in [-0.4, -0.2) is 33.3 Å². The van der Waals surface area contributed by atoms with Crippen LogP contribution in [0.25, 0.3) is 0 Å². The van der Waals surface area contributed by atoms with Crippen LogP contribution >= 0.6 is 11.3 Å². The molecule has 1 aromatic carbocycles. The van der Waals surface area contributed by atoms with Gasteiger partial charge in [0.25, 0.3) is 0 Å². The molecular weight excluding hydrogens is 364 g/mol. The molecule has 0 bridgehead atoms. The smallest absolute Gasteiger partial charge is 0.315 e. The van der Waals surface area contributed by atoms with Crippen molar-refractivity contribution in [1.29, 1.82) is 0 Å². The Morgan fingerprint density at radius 3 is 2.48 bits per heavy atom. The van der Waals surface area contributed by atoms with E-state index in [1.807, 2.05) is 30.3 Å². The molecule has 1 atom stereocenters. The topological polar surface area (TPSA) is 104 Å². The summed E-state index contributed by atoms with van der Waals surface area (Å²) in [5.74, 6) is -0.876. The minimum Gasteiger partial charge on any atom is -0.481 e. The van der Waals surface area contributed by atoms with Crippen molar-refractivity contribution >= 4 is 23.3 Å². The lowest BCUT2D eigenvalue weighted by Crippen LogP contribution is -2.43. The van der Waals surface area contributed by atoms with Crippen LogP contribution in [0, 0.1) is 0 Å². The van der Waals surface area contributed by atoms with Gasteiger partial charge in [0.15, 0.2) is 0 Å². The van der Waals surface area contributed by atoms with Gasteiger partial charge in [0.2, 0.25) is 0 Å². The lowest BCUT2D eigenvalue weighted by molar-refractivity contribution is -0.137. The Labute approximate surface area is 163 Å². The van der Waals surface area contributed by atoms with Gasteiger partial charge in [-0.3, -0.25) is 4.79 Å². The molecule has 27 heavy (non-hydrogen) atoms. The number of nitrogens with zero attached hydrogens (tertiary/aromatic N) is 2. The van der Waals surface area contributed by atoms with Crippen LogP contribution < -0.4 is 10.6 Å². The Bertz CT molecular complexity index is 756. The van der Waals surface area contributed by atoms with Crippen molar-refractivity contribution in [2.75, 3.05) is 0 Å². The number of benzene rings is 1. The molecule has 0 aliphatic heterocycles. The SMILES string of the molecule is CC(C)(C)c1nnc(CNC(=O)NC(CCC(=O)O)Cc2ccccc2)s1. The van der Waals surface area contributed by atoms with Crippen LogP contribution in [0.3, 0.4) is 0 Å². The van der Waals surface area contributed by atoms with Gasteiger partial charge in [0, 0.05) is 17.9 Å². The molecule has 146 valence electrons. The van der Waals surface area contributed by atoms with Crippen LogP contribution in [0.5, 0.6) is 0 Å². The zero-order valence-corrected chi connectivity index (χ0v) is 16.7. The van der Waals surface area contributed by atoms with E-state index in [1.165, 1.54) is 11.3 Å². The number of amides is 2. The summed E-state index contributed by atoms with van der Waals surface area (Å²) in [5, 5.41) is 24.5. The lowest BCUT2D eigenvalue weighted by Gasteiger charge is -2.18. The number of hydrogen-bond donors (Lipinski definition) is 3. The third kappa shape index (κ3) is 7.34. The van der Waals surface area contributed by atoms with Gasteiger partial charge in [-0.25, -0.2) is 4.79 Å². The first kappa shape index (κ1) is 20.8. The number of aromatic nitrogens is 2. The maximum absolute atomic E-state index is 12.3. The highest BCUT2D eigenvalue weighted by Crippen LogP contribution is 2.25. The second-order valence-electron chi connectivity index (χ2n) is 7.40. The van der Waals surface area contributed by atoms with Crippen LogP contribution in [0.1, 0.15) is 49.2 Å². The van der Waals surface area contributed by atoms with Gasteiger partial charge in [-0.15, -0.1) is 10.2 Å². The summed E-state index contributed by atoms with van der Waals surface area (Å²) in [4.78, 5) is 23.1. The van der Waals surface area contributed by atoms with Crippen molar-refractivity contribution in [1.82, 2.24) is 20.8 Å². The van der Waals surface area contributed by atoms with E-state index in [9.17, 15) is 9.59 Å². The van der Waals surface area contributed by atoms with Crippen molar-refractivity contribution in [3.05, 3.63) is 45.9 Å². The number of hydrogen-bond acceptors (Lipinski definition) is 5. The van der Waals surface area contributed by atoms with E-state index in [2.05, 4.69) is 41.6 Å². The molecular formula is C19H26N4O3S. The fourth-order valence-corrected chi connectivity index (χ4v) is 3.28. The quantitative estimate of drug-likeness (QED) is 0.642. The fourth-order valence-electron chi connectivity index (χ4n) is 2.44. The van der Waals surface area contributed by atoms with E-state index in [4.69, 9.17) is 5.11 Å². The van der Waals surface area contributed by atoms with E-state index in [0.29, 0.717) is 12.8 Å². The first-order valence-corrected chi connectivity index (χ1v) is 9.68. The molecule has 0 spiro atoms. The fraction of sp³-hybridized carbons (Fsp3) is 0.474. The first-order valence-electron chi connectivity index (χ1n) is 8.87. The Morgan fingerprint density at radius 2 is 1.89 bits per heavy atom. The molecule has 0 saturated heterocycles. The summed E-state index contributed by atoms with van der Waals surface area (Å²) < 4.78 is 0. The first-order chi connectivity index (χ1) is 12.7. The summed E-state index contributed by atoms with van der Waals surface area (Å²) >= 11 is 1.48. The Hall–Kier alpha value is -2.48. The predicted molar refractivity (Wildman–Crippen MR) is 105 cm³/mol. The standard InChI is InChI=1S/C19H26N4O3S/c1-19(2,3)17-23-22-15(27-17)12-20-18(26)21-14(9-10-16(24)25)11-13-7-5-4-6-8-13/h4-8,14H,9-12H2,1-3H3,(H,24,25)(H2,20,21,26). The molecule has 8 heteroatoms. The number of aliphatic carboxylic acids is 1. The molecule has 3 N–H and O–H groups in total. The Morgan fingerprint density at radius 1 is 1.19 bits per heavy atom. The number of carbonyl (C=O) groups excluding carboxylic acids is 1. The lowest BCUT2D eigenvalue weighted by atomic mass is 9.98. The third-order valence-corrected chi connectivity index (χ3v) is 5.22. The molecule has 1 aromatic heterocycles. The monoisotopic (exact) mass is 390 g/mol. The van der Waals surface area contributed by atoms with Crippen LogP contribution in [0.15, 0.2) is 30.3 Å². The predicted octanol–water partition coefficient (Wildman–Crippen LogP) is 3.11. The second kappa shape index (κ2) is 9.45. The highest BCUT2D eigenvalue weighted by Gasteiger charge is 2.20.